The minimum Gasteiger partial charge on any atom is -0.383 e. The number of nitrogens with one attached hydrogen (secondary N) is 1. The van der Waals surface area contributed by atoms with Crippen molar-refractivity contribution < 1.29 is 14.3 Å². The number of para-hydroxylation sites is 1. The molecule has 1 fully saturated rings. The number of carbonyl (C=O) groups is 2. The highest BCUT2D eigenvalue weighted by molar-refractivity contribution is 5.89. The van der Waals surface area contributed by atoms with Gasteiger partial charge in [0.25, 0.3) is 0 Å². The van der Waals surface area contributed by atoms with Crippen molar-refractivity contribution in [2.75, 3.05) is 26.8 Å². The maximum Gasteiger partial charge on any atom is 0.225 e. The van der Waals surface area contributed by atoms with Gasteiger partial charge in [0.15, 0.2) is 0 Å². The number of ether oxygens (including phenoxy) is 1. The predicted molar refractivity (Wildman–Crippen MR) is 92.0 cm³/mol. The van der Waals surface area contributed by atoms with Crippen molar-refractivity contribution in [3.8, 4) is 5.69 Å². The third-order valence-electron chi connectivity index (χ3n) is 4.27. The lowest BCUT2D eigenvalue weighted by molar-refractivity contribution is -0.129. The van der Waals surface area contributed by atoms with E-state index in [1.807, 2.05) is 36.5 Å². The maximum atomic E-state index is 12.3. The average Bonchev–Trinajstić information content (AvgIpc) is 3.25. The number of methoxy groups -OCH3 is 1. The Morgan fingerprint density at radius 3 is 2.92 bits per heavy atom. The van der Waals surface area contributed by atoms with E-state index < -0.39 is 0 Å². The number of rotatable bonds is 7. The molecule has 25 heavy (non-hydrogen) atoms. The van der Waals surface area contributed by atoms with E-state index in [0.29, 0.717) is 26.2 Å². The van der Waals surface area contributed by atoms with Gasteiger partial charge in [-0.1, -0.05) is 18.2 Å². The Kier molecular flexibility index (Phi) is 5.45. The van der Waals surface area contributed by atoms with Crippen molar-refractivity contribution in [3.05, 3.63) is 48.3 Å². The number of nitrogens with zero attached hydrogens (tertiary/aromatic N) is 3. The molecule has 1 aromatic carbocycles. The largest absolute Gasteiger partial charge is 0.383 e. The monoisotopic (exact) mass is 342 g/mol. The second kappa shape index (κ2) is 7.94. The standard InChI is InChI=1S/C18H22N4O3/c1-25-8-7-21-13-15(9-17(21)23)18(24)19-10-14-11-20-22(12-14)16-5-3-2-4-6-16/h2-6,11-12,15H,7-10,13H2,1H3,(H,19,24). The molecule has 1 atom stereocenters. The Labute approximate surface area is 146 Å². The van der Waals surface area contributed by atoms with E-state index in [2.05, 4.69) is 10.4 Å². The second-order valence-corrected chi connectivity index (χ2v) is 6.08. The summed E-state index contributed by atoms with van der Waals surface area (Å²) < 4.78 is 6.76. The highest BCUT2D eigenvalue weighted by Gasteiger charge is 2.33. The van der Waals surface area contributed by atoms with E-state index in [-0.39, 0.29) is 24.2 Å². The van der Waals surface area contributed by atoms with Crippen molar-refractivity contribution in [3.63, 3.8) is 0 Å². The van der Waals surface area contributed by atoms with Crippen LogP contribution < -0.4 is 5.32 Å². The van der Waals surface area contributed by atoms with Crippen molar-refractivity contribution in [2.24, 2.45) is 5.92 Å². The van der Waals surface area contributed by atoms with Gasteiger partial charge in [0, 0.05) is 44.9 Å². The summed E-state index contributed by atoms with van der Waals surface area (Å²) in [7, 11) is 1.60. The smallest absolute Gasteiger partial charge is 0.225 e. The zero-order valence-corrected chi connectivity index (χ0v) is 14.2. The van der Waals surface area contributed by atoms with Crippen LogP contribution in [0.1, 0.15) is 12.0 Å². The quantitative estimate of drug-likeness (QED) is 0.814. The minimum absolute atomic E-state index is 0.00842. The highest BCUT2D eigenvalue weighted by atomic mass is 16.5. The van der Waals surface area contributed by atoms with Gasteiger partial charge in [-0.3, -0.25) is 9.59 Å². The molecule has 0 bridgehead atoms. The maximum absolute atomic E-state index is 12.3. The number of likely N-dealkylation sites (tertiary alicyclic amines) is 1. The van der Waals surface area contributed by atoms with Crippen molar-refractivity contribution >= 4 is 11.8 Å². The molecule has 1 aromatic heterocycles. The molecule has 1 unspecified atom stereocenters. The number of amides is 2. The van der Waals surface area contributed by atoms with Crippen LogP contribution in [-0.4, -0.2) is 53.3 Å². The summed E-state index contributed by atoms with van der Waals surface area (Å²) in [6.07, 6.45) is 3.89. The van der Waals surface area contributed by atoms with Gasteiger partial charge < -0.3 is 15.0 Å². The molecule has 0 aliphatic carbocycles. The van der Waals surface area contributed by atoms with Crippen LogP contribution in [0.2, 0.25) is 0 Å². The molecule has 2 heterocycles. The molecule has 3 rings (SSSR count). The van der Waals surface area contributed by atoms with Gasteiger partial charge in [-0.25, -0.2) is 4.68 Å². The van der Waals surface area contributed by atoms with E-state index in [0.717, 1.165) is 11.3 Å². The molecule has 1 N–H and O–H groups in total. The van der Waals surface area contributed by atoms with Gasteiger partial charge in [-0.05, 0) is 12.1 Å². The lowest BCUT2D eigenvalue weighted by atomic mass is 10.1. The SMILES string of the molecule is COCCN1CC(C(=O)NCc2cnn(-c3ccccc3)c2)CC1=O. The number of carbonyl (C=O) groups excluding carboxylic acids is 2. The Morgan fingerprint density at radius 1 is 1.36 bits per heavy atom. The van der Waals surface area contributed by atoms with Crippen molar-refractivity contribution in [2.45, 2.75) is 13.0 Å². The minimum atomic E-state index is -0.298. The number of aromatic nitrogens is 2. The van der Waals surface area contributed by atoms with Gasteiger partial charge >= 0.3 is 0 Å². The van der Waals surface area contributed by atoms with Gasteiger partial charge in [-0.2, -0.15) is 5.10 Å². The summed E-state index contributed by atoms with van der Waals surface area (Å²) in [5.74, 6) is -0.386. The van der Waals surface area contributed by atoms with Crippen molar-refractivity contribution in [1.29, 1.82) is 0 Å². The fraction of sp³-hybridized carbons (Fsp3) is 0.389. The van der Waals surface area contributed by atoms with E-state index >= 15 is 0 Å². The summed E-state index contributed by atoms with van der Waals surface area (Å²) in [6.45, 7) is 1.87. The molecule has 2 amide bonds. The Hall–Kier alpha value is -2.67. The summed E-state index contributed by atoms with van der Waals surface area (Å²) in [4.78, 5) is 25.9. The third kappa shape index (κ3) is 4.24. The molecule has 1 saturated heterocycles. The molecular formula is C18H22N4O3. The fourth-order valence-electron chi connectivity index (χ4n) is 2.87. The molecule has 0 radical (unpaired) electrons. The van der Waals surface area contributed by atoms with Gasteiger partial charge in [0.2, 0.25) is 11.8 Å². The molecule has 132 valence electrons. The zero-order valence-electron chi connectivity index (χ0n) is 14.2. The lowest BCUT2D eigenvalue weighted by Gasteiger charge is -2.15. The molecular weight excluding hydrogens is 320 g/mol. The highest BCUT2D eigenvalue weighted by Crippen LogP contribution is 2.18. The first kappa shape index (κ1) is 17.2. The van der Waals surface area contributed by atoms with Crippen LogP contribution in [0.3, 0.4) is 0 Å². The number of benzene rings is 1. The van der Waals surface area contributed by atoms with E-state index in [4.69, 9.17) is 4.74 Å². The van der Waals surface area contributed by atoms with E-state index in [1.165, 1.54) is 0 Å². The van der Waals surface area contributed by atoms with Crippen LogP contribution in [0.15, 0.2) is 42.7 Å². The second-order valence-electron chi connectivity index (χ2n) is 6.08. The summed E-state index contributed by atoms with van der Waals surface area (Å²) in [5, 5.41) is 7.21. The first-order valence-corrected chi connectivity index (χ1v) is 8.31. The molecule has 7 nitrogen and oxygen atoms in total. The molecule has 1 aliphatic heterocycles. The third-order valence-corrected chi connectivity index (χ3v) is 4.27. The van der Waals surface area contributed by atoms with Crippen LogP contribution in [0.4, 0.5) is 0 Å². The Balaban J connectivity index is 1.51. The fourth-order valence-corrected chi connectivity index (χ4v) is 2.87. The number of hydrogen-bond donors (Lipinski definition) is 1. The van der Waals surface area contributed by atoms with Crippen LogP contribution in [-0.2, 0) is 20.9 Å². The van der Waals surface area contributed by atoms with Crippen LogP contribution in [0.25, 0.3) is 5.69 Å². The van der Waals surface area contributed by atoms with Gasteiger partial charge in [-0.15, -0.1) is 0 Å². The van der Waals surface area contributed by atoms with Gasteiger partial charge in [0.1, 0.15) is 0 Å². The summed E-state index contributed by atoms with van der Waals surface area (Å²) in [6, 6.07) is 9.78. The van der Waals surface area contributed by atoms with E-state index in [1.54, 1.807) is 22.9 Å². The zero-order chi connectivity index (χ0) is 17.6. The molecule has 7 heteroatoms. The Morgan fingerprint density at radius 2 is 2.16 bits per heavy atom. The predicted octanol–water partition coefficient (Wildman–Crippen LogP) is 0.983. The van der Waals surface area contributed by atoms with Crippen molar-refractivity contribution in [1.82, 2.24) is 20.0 Å². The number of hydrogen-bond acceptors (Lipinski definition) is 4. The molecule has 1 aliphatic rings. The Bertz CT molecular complexity index is 729. The first-order valence-electron chi connectivity index (χ1n) is 8.31. The normalized spacial score (nSPS) is 17.1. The van der Waals surface area contributed by atoms with Crippen LogP contribution in [0, 0.1) is 5.92 Å². The van der Waals surface area contributed by atoms with E-state index in [9.17, 15) is 9.59 Å². The lowest BCUT2D eigenvalue weighted by Crippen LogP contribution is -2.33. The summed E-state index contributed by atoms with van der Waals surface area (Å²) >= 11 is 0. The molecule has 2 aromatic rings. The molecule has 0 saturated carbocycles. The average molecular weight is 342 g/mol. The summed E-state index contributed by atoms with van der Waals surface area (Å²) in [5.41, 5.74) is 1.88. The van der Waals surface area contributed by atoms with Crippen LogP contribution in [0.5, 0.6) is 0 Å². The topological polar surface area (TPSA) is 76.5 Å². The van der Waals surface area contributed by atoms with Gasteiger partial charge in [0.05, 0.1) is 24.4 Å². The first-order chi connectivity index (χ1) is 12.2. The van der Waals surface area contributed by atoms with Crippen LogP contribution >= 0.6 is 0 Å². The molecule has 0 spiro atoms.